The summed E-state index contributed by atoms with van der Waals surface area (Å²) in [7, 11) is 3.34. The van der Waals surface area contributed by atoms with Crippen molar-refractivity contribution in [2.75, 3.05) is 31.6 Å². The van der Waals surface area contributed by atoms with Crippen LogP contribution >= 0.6 is 11.6 Å². The number of fused-ring (bicyclic) bond motifs is 1. The number of aryl methyl sites for hydroxylation is 1. The molecule has 5 rings (SSSR count). The van der Waals surface area contributed by atoms with Crippen molar-refractivity contribution in [2.45, 2.75) is 19.0 Å². The van der Waals surface area contributed by atoms with E-state index >= 15 is 0 Å². The van der Waals surface area contributed by atoms with Crippen LogP contribution < -0.4 is 15.2 Å². The maximum Gasteiger partial charge on any atom is 0.252 e. The van der Waals surface area contributed by atoms with E-state index in [-0.39, 0.29) is 23.5 Å². The van der Waals surface area contributed by atoms with Crippen LogP contribution in [0.5, 0.6) is 5.88 Å². The highest BCUT2D eigenvalue weighted by Crippen LogP contribution is 2.34. The quantitative estimate of drug-likeness (QED) is 0.380. The number of benzene rings is 2. The fourth-order valence-electron chi connectivity index (χ4n) is 5.11. The average molecular weight is 507 g/mol. The van der Waals surface area contributed by atoms with Crippen molar-refractivity contribution in [3.63, 3.8) is 0 Å². The molecule has 0 spiro atoms. The molecule has 0 amide bonds. The third-order valence-corrected chi connectivity index (χ3v) is 7.21. The summed E-state index contributed by atoms with van der Waals surface area (Å²) in [5, 5.41) is 0.676. The SMILES string of the molecule is COc1ccc2c(n1)c(N1CCN(C(c3ccc(F)cc3)c3ccc(Cl)cc3)CC1C)cc(=O)n2C. The summed E-state index contributed by atoms with van der Waals surface area (Å²) in [6.07, 6.45) is 0. The Labute approximate surface area is 214 Å². The van der Waals surface area contributed by atoms with Gasteiger partial charge in [-0.05, 0) is 48.4 Å². The number of halogens is 2. The van der Waals surface area contributed by atoms with Crippen molar-refractivity contribution in [1.29, 1.82) is 0 Å². The Balaban J connectivity index is 1.50. The van der Waals surface area contributed by atoms with Crippen LogP contribution in [-0.4, -0.2) is 47.2 Å². The molecule has 1 aliphatic heterocycles. The van der Waals surface area contributed by atoms with Crippen molar-refractivity contribution in [3.8, 4) is 5.88 Å². The van der Waals surface area contributed by atoms with Crippen LogP contribution in [0.2, 0.25) is 5.02 Å². The number of anilines is 1. The number of hydrogen-bond donors (Lipinski definition) is 0. The molecule has 8 heteroatoms. The molecule has 0 bridgehead atoms. The molecule has 1 fully saturated rings. The molecule has 0 radical (unpaired) electrons. The largest absolute Gasteiger partial charge is 0.481 e. The zero-order valence-corrected chi connectivity index (χ0v) is 21.2. The fraction of sp³-hybridized carbons (Fsp3) is 0.286. The van der Waals surface area contributed by atoms with Gasteiger partial charge in [0.15, 0.2) is 0 Å². The summed E-state index contributed by atoms with van der Waals surface area (Å²) in [5.41, 5.74) is 4.35. The van der Waals surface area contributed by atoms with E-state index in [1.165, 1.54) is 12.1 Å². The minimum Gasteiger partial charge on any atom is -0.481 e. The zero-order valence-electron chi connectivity index (χ0n) is 20.5. The summed E-state index contributed by atoms with van der Waals surface area (Å²) >= 11 is 6.16. The van der Waals surface area contributed by atoms with Crippen molar-refractivity contribution in [2.24, 2.45) is 7.05 Å². The molecule has 2 unspecified atom stereocenters. The van der Waals surface area contributed by atoms with Gasteiger partial charge in [0.25, 0.3) is 5.56 Å². The van der Waals surface area contributed by atoms with Crippen LogP contribution in [0.4, 0.5) is 10.1 Å². The monoisotopic (exact) mass is 506 g/mol. The second-order valence-corrected chi connectivity index (χ2v) is 9.63. The van der Waals surface area contributed by atoms with Crippen LogP contribution in [0.3, 0.4) is 0 Å². The highest BCUT2D eigenvalue weighted by molar-refractivity contribution is 6.30. The molecule has 3 heterocycles. The molecule has 4 aromatic rings. The molecular weight excluding hydrogens is 479 g/mol. The van der Waals surface area contributed by atoms with E-state index in [0.717, 1.165) is 40.9 Å². The van der Waals surface area contributed by atoms with E-state index in [1.807, 2.05) is 42.5 Å². The van der Waals surface area contributed by atoms with Gasteiger partial charge >= 0.3 is 0 Å². The normalized spacial score (nSPS) is 17.4. The summed E-state index contributed by atoms with van der Waals surface area (Å²) in [6.45, 7) is 4.34. The highest BCUT2D eigenvalue weighted by atomic mass is 35.5. The first-order valence-corrected chi connectivity index (χ1v) is 12.3. The molecule has 0 aliphatic carbocycles. The molecule has 2 aromatic heterocycles. The van der Waals surface area contributed by atoms with Crippen LogP contribution in [0.1, 0.15) is 24.1 Å². The number of hydrogen-bond acceptors (Lipinski definition) is 5. The molecule has 0 N–H and O–H groups in total. The second-order valence-electron chi connectivity index (χ2n) is 9.19. The lowest BCUT2D eigenvalue weighted by Gasteiger charge is -2.44. The van der Waals surface area contributed by atoms with Crippen molar-refractivity contribution in [1.82, 2.24) is 14.5 Å². The first kappa shape index (κ1) is 24.3. The fourth-order valence-corrected chi connectivity index (χ4v) is 5.23. The van der Waals surface area contributed by atoms with Crippen LogP contribution in [-0.2, 0) is 7.05 Å². The molecule has 1 saturated heterocycles. The number of nitrogens with zero attached hydrogens (tertiary/aromatic N) is 4. The summed E-state index contributed by atoms with van der Waals surface area (Å²) in [5.74, 6) is 0.250. The third-order valence-electron chi connectivity index (χ3n) is 6.96. The molecule has 186 valence electrons. The van der Waals surface area contributed by atoms with Gasteiger partial charge in [-0.3, -0.25) is 9.69 Å². The predicted molar refractivity (Wildman–Crippen MR) is 142 cm³/mol. The number of pyridine rings is 2. The van der Waals surface area contributed by atoms with Gasteiger partial charge in [0, 0.05) is 49.9 Å². The van der Waals surface area contributed by atoms with Gasteiger partial charge in [-0.1, -0.05) is 35.9 Å². The molecule has 6 nitrogen and oxygen atoms in total. The van der Waals surface area contributed by atoms with Crippen LogP contribution in [0.15, 0.2) is 71.5 Å². The molecule has 2 aromatic carbocycles. The van der Waals surface area contributed by atoms with E-state index in [4.69, 9.17) is 16.3 Å². The molecule has 36 heavy (non-hydrogen) atoms. The topological polar surface area (TPSA) is 50.6 Å². The summed E-state index contributed by atoms with van der Waals surface area (Å²) in [4.78, 5) is 22.1. The minimum absolute atomic E-state index is 0.0499. The molecule has 1 aliphatic rings. The van der Waals surface area contributed by atoms with Crippen molar-refractivity contribution in [3.05, 3.63) is 99.1 Å². The Morgan fingerprint density at radius 2 is 1.69 bits per heavy atom. The van der Waals surface area contributed by atoms with E-state index in [1.54, 1.807) is 30.9 Å². The molecule has 2 atom stereocenters. The Morgan fingerprint density at radius 1 is 1.03 bits per heavy atom. The van der Waals surface area contributed by atoms with Gasteiger partial charge in [0.2, 0.25) is 5.88 Å². The van der Waals surface area contributed by atoms with E-state index in [2.05, 4.69) is 21.7 Å². The molecular formula is C28H28ClFN4O2. The minimum atomic E-state index is -0.257. The third kappa shape index (κ3) is 4.56. The van der Waals surface area contributed by atoms with E-state index < -0.39 is 0 Å². The average Bonchev–Trinajstić information content (AvgIpc) is 2.88. The molecule has 0 saturated carbocycles. The Bertz CT molecular complexity index is 1390. The van der Waals surface area contributed by atoms with Gasteiger partial charge in [0.1, 0.15) is 11.3 Å². The maximum atomic E-state index is 13.7. The van der Waals surface area contributed by atoms with Crippen molar-refractivity contribution < 1.29 is 9.13 Å². The van der Waals surface area contributed by atoms with Gasteiger partial charge in [-0.2, -0.15) is 0 Å². The van der Waals surface area contributed by atoms with E-state index in [9.17, 15) is 9.18 Å². The lowest BCUT2D eigenvalue weighted by molar-refractivity contribution is 0.188. The zero-order chi connectivity index (χ0) is 25.4. The Hall–Kier alpha value is -3.42. The van der Waals surface area contributed by atoms with Crippen molar-refractivity contribution >= 4 is 28.3 Å². The number of rotatable bonds is 5. The predicted octanol–water partition coefficient (Wildman–Crippen LogP) is 5.03. The maximum absolute atomic E-state index is 13.7. The second kappa shape index (κ2) is 9.91. The Morgan fingerprint density at radius 3 is 2.33 bits per heavy atom. The summed E-state index contributed by atoms with van der Waals surface area (Å²) in [6, 6.07) is 19.9. The Kier molecular flexibility index (Phi) is 6.69. The lowest BCUT2D eigenvalue weighted by atomic mass is 9.95. The van der Waals surface area contributed by atoms with Gasteiger partial charge in [-0.15, -0.1) is 0 Å². The van der Waals surface area contributed by atoms with Gasteiger partial charge < -0.3 is 14.2 Å². The number of methoxy groups -OCH3 is 1. The van der Waals surface area contributed by atoms with E-state index in [0.29, 0.717) is 17.4 Å². The van der Waals surface area contributed by atoms with Gasteiger partial charge in [0.05, 0.1) is 24.4 Å². The van der Waals surface area contributed by atoms with Crippen LogP contribution in [0, 0.1) is 5.82 Å². The van der Waals surface area contributed by atoms with Gasteiger partial charge in [-0.25, -0.2) is 9.37 Å². The summed E-state index contributed by atoms with van der Waals surface area (Å²) < 4.78 is 20.7. The van der Waals surface area contributed by atoms with Crippen LogP contribution in [0.25, 0.3) is 11.0 Å². The number of piperazine rings is 1. The number of ether oxygens (including phenoxy) is 1. The first-order chi connectivity index (χ1) is 17.4. The lowest BCUT2D eigenvalue weighted by Crippen LogP contribution is -2.53. The first-order valence-electron chi connectivity index (χ1n) is 11.9. The standard InChI is InChI=1S/C28H28ClFN4O2/c1-18-17-33(28(19-4-8-21(29)9-5-19)20-6-10-22(30)11-7-20)14-15-34(18)24-16-26(35)32(2)23-12-13-25(36-3)31-27(23)24/h4-13,16,18,28H,14-15,17H2,1-3H3. The smallest absolute Gasteiger partial charge is 0.252 e. The highest BCUT2D eigenvalue weighted by Gasteiger charge is 2.32. The number of aromatic nitrogens is 2.